The van der Waals surface area contributed by atoms with E-state index in [2.05, 4.69) is 0 Å². The lowest BCUT2D eigenvalue weighted by atomic mass is 10.3. The van der Waals surface area contributed by atoms with Gasteiger partial charge in [-0.25, -0.2) is 8.78 Å². The summed E-state index contributed by atoms with van der Waals surface area (Å²) < 4.78 is 30.3. The first-order valence-electron chi connectivity index (χ1n) is 4.07. The lowest BCUT2D eigenvalue weighted by Crippen LogP contribution is -2.31. The van der Waals surface area contributed by atoms with E-state index in [1.165, 1.54) is 6.07 Å². The molecule has 0 spiro atoms. The Balaban J connectivity index is 2.59. The molecule has 3 N–H and O–H groups in total. The Morgan fingerprint density at radius 1 is 1.43 bits per heavy atom. The van der Waals surface area contributed by atoms with Crippen LogP contribution in [-0.4, -0.2) is 24.4 Å². The number of rotatable bonds is 4. The summed E-state index contributed by atoms with van der Waals surface area (Å²) in [5, 5.41) is 8.57. The zero-order chi connectivity index (χ0) is 10.6. The van der Waals surface area contributed by atoms with Crippen LogP contribution in [0.1, 0.15) is 0 Å². The van der Waals surface area contributed by atoms with Gasteiger partial charge in [0.05, 0.1) is 12.6 Å². The van der Waals surface area contributed by atoms with Gasteiger partial charge in [0.25, 0.3) is 0 Å². The van der Waals surface area contributed by atoms with Crippen LogP contribution in [0.5, 0.6) is 5.75 Å². The minimum Gasteiger partial charge on any atom is -0.489 e. The van der Waals surface area contributed by atoms with Crippen LogP contribution in [0.25, 0.3) is 0 Å². The van der Waals surface area contributed by atoms with Crippen LogP contribution in [0.15, 0.2) is 18.2 Å². The Labute approximate surface area is 80.1 Å². The second-order valence-corrected chi connectivity index (χ2v) is 2.83. The van der Waals surface area contributed by atoms with Crippen molar-refractivity contribution < 1.29 is 18.6 Å². The number of aliphatic hydroxyl groups excluding tert-OH is 1. The molecule has 0 aliphatic carbocycles. The van der Waals surface area contributed by atoms with Crippen LogP contribution < -0.4 is 10.5 Å². The molecule has 0 aliphatic heterocycles. The fourth-order valence-corrected chi connectivity index (χ4v) is 0.842. The summed E-state index contributed by atoms with van der Waals surface area (Å²) in [6, 6.07) is 2.41. The number of hydrogen-bond acceptors (Lipinski definition) is 3. The fourth-order valence-electron chi connectivity index (χ4n) is 0.842. The number of hydrogen-bond donors (Lipinski definition) is 2. The quantitative estimate of drug-likeness (QED) is 0.756. The number of aliphatic hydroxyl groups is 1. The average Bonchev–Trinajstić information content (AvgIpc) is 2.16. The highest BCUT2D eigenvalue weighted by Crippen LogP contribution is 2.17. The topological polar surface area (TPSA) is 55.5 Å². The SMILES string of the molecule is NC(CO)COc1ccc(F)cc1F. The van der Waals surface area contributed by atoms with Crippen molar-refractivity contribution >= 4 is 0 Å². The molecule has 0 bridgehead atoms. The van der Waals surface area contributed by atoms with Gasteiger partial charge < -0.3 is 15.6 Å². The molecule has 0 radical (unpaired) electrons. The van der Waals surface area contributed by atoms with Crippen molar-refractivity contribution in [2.75, 3.05) is 13.2 Å². The van der Waals surface area contributed by atoms with Crippen LogP contribution >= 0.6 is 0 Å². The first-order chi connectivity index (χ1) is 6.63. The predicted molar refractivity (Wildman–Crippen MR) is 46.9 cm³/mol. The van der Waals surface area contributed by atoms with Crippen LogP contribution in [0.4, 0.5) is 8.78 Å². The van der Waals surface area contributed by atoms with E-state index in [-0.39, 0.29) is 19.0 Å². The molecule has 0 heterocycles. The van der Waals surface area contributed by atoms with Gasteiger partial charge in [0.15, 0.2) is 11.6 Å². The van der Waals surface area contributed by atoms with Crippen LogP contribution in [0.3, 0.4) is 0 Å². The van der Waals surface area contributed by atoms with E-state index < -0.39 is 17.7 Å². The standard InChI is InChI=1S/C9H11F2NO2/c10-6-1-2-9(8(11)3-6)14-5-7(12)4-13/h1-3,7,13H,4-5,12H2. The normalized spacial score (nSPS) is 12.6. The summed E-state index contributed by atoms with van der Waals surface area (Å²) >= 11 is 0. The smallest absolute Gasteiger partial charge is 0.167 e. The highest BCUT2D eigenvalue weighted by atomic mass is 19.1. The molecule has 5 heteroatoms. The number of halogens is 2. The van der Waals surface area contributed by atoms with Crippen molar-refractivity contribution in [1.29, 1.82) is 0 Å². The summed E-state index contributed by atoms with van der Waals surface area (Å²) in [5.74, 6) is -1.52. The van der Waals surface area contributed by atoms with E-state index >= 15 is 0 Å². The Morgan fingerprint density at radius 2 is 2.14 bits per heavy atom. The second-order valence-electron chi connectivity index (χ2n) is 2.83. The zero-order valence-electron chi connectivity index (χ0n) is 7.41. The number of ether oxygens (including phenoxy) is 1. The second kappa shape index (κ2) is 4.88. The van der Waals surface area contributed by atoms with Gasteiger partial charge in [-0.1, -0.05) is 0 Å². The van der Waals surface area contributed by atoms with Crippen molar-refractivity contribution in [2.24, 2.45) is 5.73 Å². The first-order valence-corrected chi connectivity index (χ1v) is 4.07. The van der Waals surface area contributed by atoms with Gasteiger partial charge in [-0.2, -0.15) is 0 Å². The van der Waals surface area contributed by atoms with E-state index in [0.29, 0.717) is 0 Å². The maximum atomic E-state index is 12.9. The highest BCUT2D eigenvalue weighted by molar-refractivity contribution is 5.24. The minimum atomic E-state index is -0.782. The van der Waals surface area contributed by atoms with E-state index in [9.17, 15) is 8.78 Å². The lowest BCUT2D eigenvalue weighted by Gasteiger charge is -2.10. The van der Waals surface area contributed by atoms with E-state index in [1.807, 2.05) is 0 Å². The maximum absolute atomic E-state index is 12.9. The Bertz CT molecular complexity index is 307. The molecule has 1 unspecified atom stereocenters. The third-order valence-electron chi connectivity index (χ3n) is 1.58. The molecule has 0 fully saturated rings. The summed E-state index contributed by atoms with van der Waals surface area (Å²) in [7, 11) is 0. The van der Waals surface area contributed by atoms with Gasteiger partial charge in [0.2, 0.25) is 0 Å². The van der Waals surface area contributed by atoms with Crippen LogP contribution in [0, 0.1) is 11.6 Å². The van der Waals surface area contributed by atoms with Crippen molar-refractivity contribution in [1.82, 2.24) is 0 Å². The molecular weight excluding hydrogens is 192 g/mol. The first kappa shape index (κ1) is 10.9. The number of nitrogens with two attached hydrogens (primary N) is 1. The van der Waals surface area contributed by atoms with Gasteiger partial charge in [-0.05, 0) is 12.1 Å². The Morgan fingerprint density at radius 3 is 2.71 bits per heavy atom. The average molecular weight is 203 g/mol. The largest absolute Gasteiger partial charge is 0.489 e. The van der Waals surface area contributed by atoms with Gasteiger partial charge >= 0.3 is 0 Å². The third-order valence-corrected chi connectivity index (χ3v) is 1.58. The summed E-state index contributed by atoms with van der Waals surface area (Å²) in [4.78, 5) is 0. The molecule has 0 aliphatic rings. The fraction of sp³-hybridized carbons (Fsp3) is 0.333. The van der Waals surface area contributed by atoms with E-state index in [0.717, 1.165) is 12.1 Å². The molecule has 3 nitrogen and oxygen atoms in total. The lowest BCUT2D eigenvalue weighted by molar-refractivity contribution is 0.202. The van der Waals surface area contributed by atoms with Gasteiger partial charge in [-0.15, -0.1) is 0 Å². The summed E-state index contributed by atoms with van der Waals surface area (Å²) in [6.45, 7) is -0.262. The molecular formula is C9H11F2NO2. The zero-order valence-corrected chi connectivity index (χ0v) is 7.41. The van der Waals surface area contributed by atoms with Crippen LogP contribution in [-0.2, 0) is 0 Å². The predicted octanol–water partition coefficient (Wildman–Crippen LogP) is 0.663. The van der Waals surface area contributed by atoms with E-state index in [1.54, 1.807) is 0 Å². The van der Waals surface area contributed by atoms with E-state index in [4.69, 9.17) is 15.6 Å². The van der Waals surface area contributed by atoms with Crippen molar-refractivity contribution in [3.8, 4) is 5.75 Å². The van der Waals surface area contributed by atoms with Crippen molar-refractivity contribution in [2.45, 2.75) is 6.04 Å². The molecule has 0 saturated carbocycles. The number of benzene rings is 1. The summed E-state index contributed by atoms with van der Waals surface area (Å²) in [5.41, 5.74) is 5.33. The monoisotopic (exact) mass is 203 g/mol. The molecule has 1 aromatic rings. The Hall–Kier alpha value is -1.20. The van der Waals surface area contributed by atoms with Gasteiger partial charge in [-0.3, -0.25) is 0 Å². The van der Waals surface area contributed by atoms with Crippen molar-refractivity contribution in [3.05, 3.63) is 29.8 Å². The third kappa shape index (κ3) is 2.93. The van der Waals surface area contributed by atoms with Crippen LogP contribution in [0.2, 0.25) is 0 Å². The molecule has 14 heavy (non-hydrogen) atoms. The van der Waals surface area contributed by atoms with Crippen molar-refractivity contribution in [3.63, 3.8) is 0 Å². The molecule has 1 rings (SSSR count). The Kier molecular flexibility index (Phi) is 3.79. The van der Waals surface area contributed by atoms with Gasteiger partial charge in [0.1, 0.15) is 12.4 Å². The molecule has 1 atom stereocenters. The minimum absolute atomic E-state index is 0.0148. The molecule has 78 valence electrons. The highest BCUT2D eigenvalue weighted by Gasteiger charge is 2.06. The molecule has 0 aromatic heterocycles. The van der Waals surface area contributed by atoms with Gasteiger partial charge in [0, 0.05) is 6.07 Å². The maximum Gasteiger partial charge on any atom is 0.167 e. The molecule has 0 saturated heterocycles. The molecule has 0 amide bonds. The summed E-state index contributed by atoms with van der Waals surface area (Å²) in [6.07, 6.45) is 0. The molecule has 1 aromatic carbocycles.